The van der Waals surface area contributed by atoms with E-state index < -0.39 is 23.4 Å². The van der Waals surface area contributed by atoms with Crippen LogP contribution in [0.2, 0.25) is 0 Å². The first kappa shape index (κ1) is 15.9. The van der Waals surface area contributed by atoms with E-state index in [9.17, 15) is 19.2 Å². The molecule has 4 amide bonds. The molecule has 0 aliphatic heterocycles. The van der Waals surface area contributed by atoms with Gasteiger partial charge >= 0.3 is 6.03 Å². The quantitative estimate of drug-likeness (QED) is 0.444. The van der Waals surface area contributed by atoms with Crippen molar-refractivity contribution in [3.05, 3.63) is 40.3 Å². The number of aromatic amines is 1. The number of rotatable bonds is 4. The predicted octanol–water partition coefficient (Wildman–Crippen LogP) is -1.26. The Morgan fingerprint density at radius 2 is 1.83 bits per heavy atom. The molecule has 0 unspecified atom stereocenters. The molecule has 0 atom stereocenters. The van der Waals surface area contributed by atoms with Crippen LogP contribution >= 0.6 is 0 Å². The first-order chi connectivity index (χ1) is 11.0. The molecule has 6 N–H and O–H groups in total. The van der Waals surface area contributed by atoms with Crippen molar-refractivity contribution in [3.63, 3.8) is 0 Å². The third-order valence-corrected chi connectivity index (χ3v) is 2.88. The lowest BCUT2D eigenvalue weighted by molar-refractivity contribution is -0.121. The molecule has 10 heteroatoms. The Hall–Kier alpha value is -3.43. The highest BCUT2D eigenvalue weighted by Crippen LogP contribution is 2.11. The summed E-state index contributed by atoms with van der Waals surface area (Å²) in [6.45, 7) is 0.0386. The Balaban J connectivity index is 2.02. The van der Waals surface area contributed by atoms with E-state index in [1.165, 1.54) is 0 Å². The van der Waals surface area contributed by atoms with Crippen LogP contribution in [0.3, 0.4) is 0 Å². The second kappa shape index (κ2) is 7.02. The van der Waals surface area contributed by atoms with Gasteiger partial charge in [0.1, 0.15) is 0 Å². The molecular formula is C13H14N6O4. The van der Waals surface area contributed by atoms with E-state index in [-0.39, 0.29) is 18.7 Å². The summed E-state index contributed by atoms with van der Waals surface area (Å²) in [5, 5.41) is 8.82. The molecule has 0 spiro atoms. The van der Waals surface area contributed by atoms with Gasteiger partial charge in [-0.05, 0) is 6.07 Å². The molecule has 10 nitrogen and oxygen atoms in total. The van der Waals surface area contributed by atoms with Gasteiger partial charge in [-0.15, -0.1) is 0 Å². The molecule has 2 rings (SSSR count). The number of hydrogen-bond acceptors (Lipinski definition) is 5. The summed E-state index contributed by atoms with van der Waals surface area (Å²) in [4.78, 5) is 45.6. The predicted molar refractivity (Wildman–Crippen MR) is 80.2 cm³/mol. The minimum Gasteiger partial charge on any atom is -0.352 e. The molecule has 0 fully saturated rings. The molecule has 2 aromatic rings. The van der Waals surface area contributed by atoms with Crippen molar-refractivity contribution < 1.29 is 14.4 Å². The molecule has 120 valence electrons. The van der Waals surface area contributed by atoms with E-state index in [0.29, 0.717) is 10.8 Å². The molecule has 0 radical (unpaired) electrons. The Morgan fingerprint density at radius 1 is 1.13 bits per heavy atom. The zero-order valence-electron chi connectivity index (χ0n) is 11.9. The van der Waals surface area contributed by atoms with Gasteiger partial charge in [0.2, 0.25) is 5.91 Å². The Morgan fingerprint density at radius 3 is 2.52 bits per heavy atom. The highest BCUT2D eigenvalue weighted by molar-refractivity contribution is 6.05. The number of carbonyl (C=O) groups is 3. The summed E-state index contributed by atoms with van der Waals surface area (Å²) in [6.07, 6.45) is -0.0664. The van der Waals surface area contributed by atoms with E-state index in [1.54, 1.807) is 24.3 Å². The van der Waals surface area contributed by atoms with E-state index in [2.05, 4.69) is 26.4 Å². The van der Waals surface area contributed by atoms with E-state index >= 15 is 0 Å². The zero-order chi connectivity index (χ0) is 16.8. The van der Waals surface area contributed by atoms with Crippen LogP contribution in [0, 0.1) is 0 Å². The first-order valence-electron chi connectivity index (χ1n) is 6.59. The minimum absolute atomic E-state index is 0.0317. The summed E-state index contributed by atoms with van der Waals surface area (Å²) in [7, 11) is 0. The topological polar surface area (TPSA) is 159 Å². The van der Waals surface area contributed by atoms with Crippen molar-refractivity contribution in [2.45, 2.75) is 6.42 Å². The lowest BCUT2D eigenvalue weighted by atomic mass is 10.1. The smallest absolute Gasteiger partial charge is 0.312 e. The van der Waals surface area contributed by atoms with Gasteiger partial charge in [-0.2, -0.15) is 5.10 Å². The Bertz CT molecular complexity index is 815. The van der Waals surface area contributed by atoms with E-state index in [0.717, 1.165) is 0 Å². The second-order valence-corrected chi connectivity index (χ2v) is 4.49. The SMILES string of the molecule is NC(=O)NCCC(=O)NNC(=O)c1n[nH]c(=O)c2ccccc12. The molecule has 23 heavy (non-hydrogen) atoms. The normalized spacial score (nSPS) is 10.1. The fourth-order valence-electron chi connectivity index (χ4n) is 1.84. The van der Waals surface area contributed by atoms with Crippen molar-refractivity contribution in [3.8, 4) is 0 Å². The number of amides is 4. The number of nitrogens with two attached hydrogens (primary N) is 1. The van der Waals surface area contributed by atoms with E-state index in [4.69, 9.17) is 5.73 Å². The van der Waals surface area contributed by atoms with Crippen LogP contribution in [0.25, 0.3) is 10.8 Å². The summed E-state index contributed by atoms with van der Waals surface area (Å²) >= 11 is 0. The van der Waals surface area contributed by atoms with Gasteiger partial charge in [-0.3, -0.25) is 25.2 Å². The number of carbonyl (C=O) groups excluding carboxylic acids is 3. The van der Waals surface area contributed by atoms with Gasteiger partial charge in [0, 0.05) is 18.4 Å². The summed E-state index contributed by atoms with van der Waals surface area (Å²) < 4.78 is 0. The maximum Gasteiger partial charge on any atom is 0.312 e. The second-order valence-electron chi connectivity index (χ2n) is 4.49. The standard InChI is InChI=1S/C13H14N6O4/c14-13(23)15-6-5-9(20)16-19-12(22)10-7-3-1-2-4-8(7)11(21)18-17-10/h1-4H,5-6H2,(H,16,20)(H,18,21)(H,19,22)(H3,14,15,23). The van der Waals surface area contributed by atoms with Crippen molar-refractivity contribution >= 4 is 28.6 Å². The van der Waals surface area contributed by atoms with Crippen LogP contribution in [0.1, 0.15) is 16.9 Å². The van der Waals surface area contributed by atoms with Gasteiger partial charge < -0.3 is 11.1 Å². The number of nitrogens with one attached hydrogen (secondary N) is 4. The molecule has 0 saturated carbocycles. The lowest BCUT2D eigenvalue weighted by Gasteiger charge is -2.08. The van der Waals surface area contributed by atoms with Crippen LogP contribution in [-0.2, 0) is 4.79 Å². The number of aromatic nitrogens is 2. The molecule has 0 saturated heterocycles. The van der Waals surface area contributed by atoms with Crippen molar-refractivity contribution in [1.29, 1.82) is 0 Å². The molecule has 1 aromatic carbocycles. The third-order valence-electron chi connectivity index (χ3n) is 2.88. The zero-order valence-corrected chi connectivity index (χ0v) is 11.9. The van der Waals surface area contributed by atoms with Crippen LogP contribution in [-0.4, -0.2) is 34.6 Å². The highest BCUT2D eigenvalue weighted by Gasteiger charge is 2.14. The number of hydrazine groups is 1. The molecule has 0 aliphatic rings. The number of primary amides is 1. The fourth-order valence-corrected chi connectivity index (χ4v) is 1.84. The van der Waals surface area contributed by atoms with Crippen molar-refractivity contribution in [2.75, 3.05) is 6.54 Å². The van der Waals surface area contributed by atoms with Gasteiger partial charge in [0.15, 0.2) is 5.69 Å². The highest BCUT2D eigenvalue weighted by atomic mass is 16.2. The van der Waals surface area contributed by atoms with Gasteiger partial charge in [-0.25, -0.2) is 9.89 Å². The molecular weight excluding hydrogens is 304 g/mol. The van der Waals surface area contributed by atoms with Crippen molar-refractivity contribution in [1.82, 2.24) is 26.4 Å². The largest absolute Gasteiger partial charge is 0.352 e. The maximum atomic E-state index is 12.1. The summed E-state index contributed by atoms with van der Waals surface area (Å²) in [5.41, 5.74) is 8.76. The molecule has 1 heterocycles. The van der Waals surface area contributed by atoms with Crippen LogP contribution in [0.15, 0.2) is 29.1 Å². The van der Waals surface area contributed by atoms with Crippen LogP contribution in [0.4, 0.5) is 4.79 Å². The monoisotopic (exact) mass is 318 g/mol. The van der Waals surface area contributed by atoms with Crippen LogP contribution < -0.4 is 27.5 Å². The average molecular weight is 318 g/mol. The van der Waals surface area contributed by atoms with Crippen molar-refractivity contribution in [2.24, 2.45) is 5.73 Å². The van der Waals surface area contributed by atoms with Crippen LogP contribution in [0.5, 0.6) is 0 Å². The number of fused-ring (bicyclic) bond motifs is 1. The number of nitrogens with zero attached hydrogens (tertiary/aromatic N) is 1. The van der Waals surface area contributed by atoms with Gasteiger partial charge in [-0.1, -0.05) is 18.2 Å². The number of hydrogen-bond donors (Lipinski definition) is 5. The van der Waals surface area contributed by atoms with E-state index in [1.807, 2.05) is 0 Å². The van der Waals surface area contributed by atoms with Gasteiger partial charge in [0.05, 0.1) is 5.39 Å². The molecule has 0 aliphatic carbocycles. The third kappa shape index (κ3) is 4.03. The minimum atomic E-state index is -0.745. The first-order valence-corrected chi connectivity index (χ1v) is 6.59. The number of urea groups is 1. The maximum absolute atomic E-state index is 12.1. The molecule has 0 bridgehead atoms. The number of benzene rings is 1. The van der Waals surface area contributed by atoms with Gasteiger partial charge in [0.25, 0.3) is 11.5 Å². The summed E-state index contributed by atoms with van der Waals surface area (Å²) in [5.74, 6) is -1.21. The Labute approximate surface area is 129 Å². The Kier molecular flexibility index (Phi) is 4.87. The number of H-pyrrole nitrogens is 1. The average Bonchev–Trinajstić information content (AvgIpc) is 2.53. The lowest BCUT2D eigenvalue weighted by Crippen LogP contribution is -2.43. The molecule has 1 aromatic heterocycles. The fraction of sp³-hybridized carbons (Fsp3) is 0.154. The summed E-state index contributed by atoms with van der Waals surface area (Å²) in [6, 6.07) is 5.71.